The maximum absolute atomic E-state index is 10.9. The fourth-order valence-electron chi connectivity index (χ4n) is 2.36. The number of rotatable bonds is 4. The van der Waals surface area contributed by atoms with Crippen LogP contribution >= 0.6 is 11.3 Å². The number of aromatic nitrogens is 1. The minimum absolute atomic E-state index is 0.337. The first-order valence-corrected chi connectivity index (χ1v) is 6.76. The molecule has 2 N–H and O–H groups in total. The van der Waals surface area contributed by atoms with Crippen molar-refractivity contribution < 1.29 is 9.90 Å². The largest absolute Gasteiger partial charge is 0.477 e. The van der Waals surface area contributed by atoms with Gasteiger partial charge >= 0.3 is 5.97 Å². The predicted octanol–water partition coefficient (Wildman–Crippen LogP) is 3.14. The molecule has 94 valence electrons. The van der Waals surface area contributed by atoms with E-state index in [4.69, 9.17) is 5.11 Å². The van der Waals surface area contributed by atoms with Crippen molar-refractivity contribution in [2.45, 2.75) is 39.5 Å². The predicted molar refractivity (Wildman–Crippen MR) is 68.9 cm³/mol. The lowest BCUT2D eigenvalue weighted by Gasteiger charge is -2.23. The van der Waals surface area contributed by atoms with Crippen LogP contribution in [0.4, 0.5) is 5.13 Å². The van der Waals surface area contributed by atoms with E-state index < -0.39 is 5.97 Å². The summed E-state index contributed by atoms with van der Waals surface area (Å²) in [6.07, 6.45) is 5.09. The molecule has 1 aliphatic rings. The molecule has 1 aromatic heterocycles. The van der Waals surface area contributed by atoms with Crippen molar-refractivity contribution in [1.29, 1.82) is 0 Å². The number of carbonyl (C=O) groups is 1. The summed E-state index contributed by atoms with van der Waals surface area (Å²) in [6.45, 7) is 4.91. The smallest absolute Gasteiger partial charge is 0.347 e. The van der Waals surface area contributed by atoms with Gasteiger partial charge in [-0.25, -0.2) is 9.78 Å². The van der Waals surface area contributed by atoms with Crippen LogP contribution in [0.25, 0.3) is 0 Å². The molecule has 1 fully saturated rings. The summed E-state index contributed by atoms with van der Waals surface area (Å²) in [6, 6.07) is 0. The molecule has 1 aliphatic carbocycles. The second-order valence-electron chi connectivity index (χ2n) is 5.11. The zero-order chi connectivity index (χ0) is 12.5. The maximum Gasteiger partial charge on any atom is 0.347 e. The van der Waals surface area contributed by atoms with Crippen LogP contribution in [0.2, 0.25) is 0 Å². The Bertz CT molecular complexity index is 422. The number of anilines is 1. The molecular weight excluding hydrogens is 236 g/mol. The Kier molecular flexibility index (Phi) is 3.38. The lowest BCUT2D eigenvalue weighted by molar-refractivity contribution is 0.0701. The molecule has 0 radical (unpaired) electrons. The van der Waals surface area contributed by atoms with Gasteiger partial charge in [-0.2, -0.15) is 0 Å². The van der Waals surface area contributed by atoms with Crippen molar-refractivity contribution in [1.82, 2.24) is 4.98 Å². The summed E-state index contributed by atoms with van der Waals surface area (Å²) >= 11 is 1.23. The van der Waals surface area contributed by atoms with E-state index in [9.17, 15) is 4.79 Å². The Balaban J connectivity index is 1.99. The molecule has 2 rings (SSSR count). The first-order valence-electron chi connectivity index (χ1n) is 5.95. The molecule has 5 heteroatoms. The Hall–Kier alpha value is -1.10. The minimum Gasteiger partial charge on any atom is -0.477 e. The van der Waals surface area contributed by atoms with Crippen LogP contribution in [0.15, 0.2) is 0 Å². The average molecular weight is 254 g/mol. The summed E-state index contributed by atoms with van der Waals surface area (Å²) in [5.74, 6) is -0.889. The van der Waals surface area contributed by atoms with Gasteiger partial charge in [0.25, 0.3) is 0 Å². The van der Waals surface area contributed by atoms with E-state index >= 15 is 0 Å². The van der Waals surface area contributed by atoms with Gasteiger partial charge in [-0.05, 0) is 25.2 Å². The normalized spacial score (nSPS) is 18.2. The first-order chi connectivity index (χ1) is 8.00. The van der Waals surface area contributed by atoms with Crippen LogP contribution < -0.4 is 5.32 Å². The van der Waals surface area contributed by atoms with Gasteiger partial charge in [0, 0.05) is 6.54 Å². The fraction of sp³-hybridized carbons (Fsp3) is 0.667. The van der Waals surface area contributed by atoms with Crippen LogP contribution in [-0.4, -0.2) is 22.6 Å². The van der Waals surface area contributed by atoms with E-state index in [1.807, 2.05) is 0 Å². The molecule has 1 heterocycles. The number of aromatic carboxylic acids is 1. The molecule has 0 saturated heterocycles. The van der Waals surface area contributed by atoms with Gasteiger partial charge in [-0.3, -0.25) is 0 Å². The van der Waals surface area contributed by atoms with Crippen LogP contribution in [-0.2, 0) is 0 Å². The summed E-state index contributed by atoms with van der Waals surface area (Å²) in [4.78, 5) is 15.5. The third-order valence-electron chi connectivity index (χ3n) is 3.47. The van der Waals surface area contributed by atoms with E-state index in [1.165, 1.54) is 37.0 Å². The Morgan fingerprint density at radius 1 is 1.53 bits per heavy atom. The Morgan fingerprint density at radius 2 is 2.18 bits per heavy atom. The van der Waals surface area contributed by atoms with Gasteiger partial charge < -0.3 is 10.4 Å². The Labute approximate surface area is 105 Å². The number of aryl methyl sites for hydroxylation is 1. The SMILES string of the molecule is Cc1nc(NCC2(C)CCCC2)sc1C(=O)O. The van der Waals surface area contributed by atoms with E-state index in [-0.39, 0.29) is 0 Å². The highest BCUT2D eigenvalue weighted by molar-refractivity contribution is 7.17. The summed E-state index contributed by atoms with van der Waals surface area (Å²) in [5, 5.41) is 13.0. The molecule has 0 aliphatic heterocycles. The topological polar surface area (TPSA) is 62.2 Å². The number of carboxylic acid groups (broad SMARTS) is 1. The van der Waals surface area contributed by atoms with Crippen molar-refractivity contribution in [2.24, 2.45) is 5.41 Å². The fourth-order valence-corrected chi connectivity index (χ4v) is 3.17. The highest BCUT2D eigenvalue weighted by atomic mass is 32.1. The second-order valence-corrected chi connectivity index (χ2v) is 6.11. The zero-order valence-electron chi connectivity index (χ0n) is 10.2. The van der Waals surface area contributed by atoms with Crippen molar-refractivity contribution in [3.63, 3.8) is 0 Å². The lowest BCUT2D eigenvalue weighted by atomic mass is 9.89. The van der Waals surface area contributed by atoms with Crippen molar-refractivity contribution in [2.75, 3.05) is 11.9 Å². The third-order valence-corrected chi connectivity index (χ3v) is 4.57. The van der Waals surface area contributed by atoms with Crippen molar-refractivity contribution in [3.05, 3.63) is 10.6 Å². The summed E-state index contributed by atoms with van der Waals surface area (Å²) < 4.78 is 0. The second kappa shape index (κ2) is 4.64. The molecule has 0 spiro atoms. The molecule has 0 amide bonds. The summed E-state index contributed by atoms with van der Waals surface area (Å²) in [7, 11) is 0. The molecular formula is C12H18N2O2S. The number of hydrogen-bond acceptors (Lipinski definition) is 4. The van der Waals surface area contributed by atoms with Gasteiger partial charge in [0.05, 0.1) is 5.69 Å². The number of hydrogen-bond donors (Lipinski definition) is 2. The van der Waals surface area contributed by atoms with E-state index in [1.54, 1.807) is 6.92 Å². The molecule has 4 nitrogen and oxygen atoms in total. The van der Waals surface area contributed by atoms with Crippen molar-refractivity contribution >= 4 is 22.4 Å². The lowest BCUT2D eigenvalue weighted by Crippen LogP contribution is -2.22. The zero-order valence-corrected chi connectivity index (χ0v) is 11.1. The average Bonchev–Trinajstić information content (AvgIpc) is 2.83. The number of carboxylic acids is 1. The molecule has 0 bridgehead atoms. The maximum atomic E-state index is 10.9. The van der Waals surface area contributed by atoms with Gasteiger partial charge in [0.1, 0.15) is 4.88 Å². The van der Waals surface area contributed by atoms with Crippen molar-refractivity contribution in [3.8, 4) is 0 Å². The molecule has 17 heavy (non-hydrogen) atoms. The number of nitrogens with zero attached hydrogens (tertiary/aromatic N) is 1. The molecule has 1 saturated carbocycles. The highest BCUT2D eigenvalue weighted by Gasteiger charge is 2.28. The highest BCUT2D eigenvalue weighted by Crippen LogP contribution is 2.37. The van der Waals surface area contributed by atoms with E-state index in [0.717, 1.165) is 11.7 Å². The quantitative estimate of drug-likeness (QED) is 0.866. The van der Waals surface area contributed by atoms with Crippen LogP contribution in [0, 0.1) is 12.3 Å². The van der Waals surface area contributed by atoms with Gasteiger partial charge in [0.15, 0.2) is 5.13 Å². The van der Waals surface area contributed by atoms with Gasteiger partial charge in [0.2, 0.25) is 0 Å². The third kappa shape index (κ3) is 2.77. The minimum atomic E-state index is -0.889. The van der Waals surface area contributed by atoms with Crippen LogP contribution in [0.5, 0.6) is 0 Å². The monoisotopic (exact) mass is 254 g/mol. The number of nitrogens with one attached hydrogen (secondary N) is 1. The molecule has 0 atom stereocenters. The van der Waals surface area contributed by atoms with Crippen LogP contribution in [0.1, 0.15) is 48.0 Å². The van der Waals surface area contributed by atoms with Gasteiger partial charge in [-0.15, -0.1) is 0 Å². The molecule has 0 unspecified atom stereocenters. The van der Waals surface area contributed by atoms with Crippen LogP contribution in [0.3, 0.4) is 0 Å². The summed E-state index contributed by atoms with van der Waals surface area (Å²) in [5.41, 5.74) is 0.949. The number of thiazole rings is 1. The molecule has 0 aromatic carbocycles. The Morgan fingerprint density at radius 3 is 2.71 bits per heavy atom. The van der Waals surface area contributed by atoms with E-state index in [2.05, 4.69) is 17.2 Å². The van der Waals surface area contributed by atoms with Gasteiger partial charge in [-0.1, -0.05) is 31.1 Å². The standard InChI is InChI=1S/C12H18N2O2S/c1-8-9(10(15)16)17-11(14-8)13-7-12(2)5-3-4-6-12/h3-7H2,1-2H3,(H,13,14)(H,15,16). The van der Waals surface area contributed by atoms with E-state index in [0.29, 0.717) is 16.0 Å². The molecule has 1 aromatic rings. The first kappa shape index (κ1) is 12.4.